The largest absolute Gasteiger partial charge is 0.372 e. The number of ether oxygens (including phenoxy) is 2. The van der Waals surface area contributed by atoms with Crippen LogP contribution in [0.4, 0.5) is 0 Å². The van der Waals surface area contributed by atoms with Crippen molar-refractivity contribution in [2.75, 3.05) is 19.8 Å². The lowest BCUT2D eigenvalue weighted by Crippen LogP contribution is -2.23. The predicted octanol–water partition coefficient (Wildman–Crippen LogP) is 1.12. The second-order valence-corrected chi connectivity index (χ2v) is 3.56. The van der Waals surface area contributed by atoms with Gasteiger partial charge in [0.2, 0.25) is 15.8 Å². The first-order valence-electron chi connectivity index (χ1n) is 5.00. The Morgan fingerprint density at radius 2 is 2.00 bits per heavy atom. The van der Waals surface area contributed by atoms with E-state index < -0.39 is 6.48 Å². The van der Waals surface area contributed by atoms with Gasteiger partial charge in [0, 0.05) is 13.2 Å². The predicted molar refractivity (Wildman–Crippen MR) is 56.3 cm³/mol. The van der Waals surface area contributed by atoms with Crippen molar-refractivity contribution in [1.82, 2.24) is 0 Å². The zero-order chi connectivity index (χ0) is 11.4. The molecule has 0 amide bonds. The van der Waals surface area contributed by atoms with E-state index >= 15 is 0 Å². The van der Waals surface area contributed by atoms with Gasteiger partial charge in [-0.2, -0.15) is 0 Å². The highest BCUT2D eigenvalue weighted by atomic mass is 28.2. The quantitative estimate of drug-likeness (QED) is 0.186. The van der Waals surface area contributed by atoms with Gasteiger partial charge in [-0.1, -0.05) is 0 Å². The third-order valence-corrected chi connectivity index (χ3v) is 2.32. The number of hydrogen-bond donors (Lipinski definition) is 0. The Labute approximate surface area is 92.8 Å². The number of nitrogens with zero attached hydrogens (tertiary/aromatic N) is 1. The van der Waals surface area contributed by atoms with Crippen molar-refractivity contribution in [2.24, 2.45) is 4.99 Å². The van der Waals surface area contributed by atoms with Gasteiger partial charge in [-0.05, 0) is 26.3 Å². The average Bonchev–Trinajstić information content (AvgIpc) is 2.24. The van der Waals surface area contributed by atoms with Crippen LogP contribution in [0.25, 0.3) is 0 Å². The fourth-order valence-corrected chi connectivity index (χ4v) is 1.48. The monoisotopic (exact) mass is 231 g/mol. The van der Waals surface area contributed by atoms with Gasteiger partial charge in [0.1, 0.15) is 0 Å². The fraction of sp³-hybridized carbons (Fsp3) is 0.889. The Balaban J connectivity index is 3.39. The molecule has 0 aliphatic rings. The van der Waals surface area contributed by atoms with E-state index in [1.165, 1.54) is 6.08 Å². The summed E-state index contributed by atoms with van der Waals surface area (Å²) in [6.07, 6.45) is 2.31. The van der Waals surface area contributed by atoms with Crippen LogP contribution in [-0.2, 0) is 18.7 Å². The van der Waals surface area contributed by atoms with Crippen molar-refractivity contribution in [2.45, 2.75) is 32.8 Å². The van der Waals surface area contributed by atoms with Crippen LogP contribution < -0.4 is 0 Å². The minimum atomic E-state index is -0.562. The number of isocyanates is 1. The Morgan fingerprint density at radius 3 is 2.53 bits per heavy atom. The highest BCUT2D eigenvalue weighted by Crippen LogP contribution is 1.99. The van der Waals surface area contributed by atoms with Crippen LogP contribution in [0.1, 0.15) is 20.3 Å². The first kappa shape index (κ1) is 14.5. The molecule has 0 heterocycles. The van der Waals surface area contributed by atoms with E-state index in [1.54, 1.807) is 0 Å². The van der Waals surface area contributed by atoms with Crippen LogP contribution in [0.3, 0.4) is 0 Å². The summed E-state index contributed by atoms with van der Waals surface area (Å²) >= 11 is 0. The molecule has 0 bridgehead atoms. The van der Waals surface area contributed by atoms with E-state index in [9.17, 15) is 4.79 Å². The van der Waals surface area contributed by atoms with Crippen molar-refractivity contribution >= 4 is 15.8 Å². The summed E-state index contributed by atoms with van der Waals surface area (Å²) in [5, 5.41) is 0. The minimum absolute atomic E-state index is 0.304. The summed E-state index contributed by atoms with van der Waals surface area (Å²) in [6, 6.07) is 0.849. The highest BCUT2D eigenvalue weighted by Gasteiger charge is 2.07. The summed E-state index contributed by atoms with van der Waals surface area (Å²) in [6.45, 7) is 4.84. The first-order chi connectivity index (χ1) is 7.35. The molecule has 0 saturated carbocycles. The molecule has 0 aliphatic heterocycles. The molecule has 0 aromatic carbocycles. The summed E-state index contributed by atoms with van der Waals surface area (Å²) in [5.41, 5.74) is 0. The average molecular weight is 231 g/mol. The van der Waals surface area contributed by atoms with E-state index in [4.69, 9.17) is 13.9 Å². The van der Waals surface area contributed by atoms with Crippen LogP contribution in [-0.4, -0.2) is 42.1 Å². The fourth-order valence-electron chi connectivity index (χ4n) is 0.791. The van der Waals surface area contributed by atoms with Crippen LogP contribution in [0.2, 0.25) is 6.04 Å². The summed E-state index contributed by atoms with van der Waals surface area (Å²) in [5.74, 6) is 0. The zero-order valence-electron chi connectivity index (χ0n) is 9.19. The molecule has 0 fully saturated rings. The topological polar surface area (TPSA) is 57.1 Å². The lowest BCUT2D eigenvalue weighted by molar-refractivity contribution is -0.243. The molecule has 0 aromatic heterocycles. The first-order valence-corrected chi connectivity index (χ1v) is 6.12. The Bertz CT molecular complexity index is 179. The molecule has 0 atom stereocenters. The maximum Gasteiger partial charge on any atom is 0.261 e. The van der Waals surface area contributed by atoms with E-state index in [2.05, 4.69) is 4.99 Å². The van der Waals surface area contributed by atoms with E-state index in [0.717, 1.165) is 12.5 Å². The summed E-state index contributed by atoms with van der Waals surface area (Å²) in [7, 11) is 0.304. The van der Waals surface area contributed by atoms with Crippen LogP contribution in [0.5, 0.6) is 0 Å². The maximum absolute atomic E-state index is 9.76. The van der Waals surface area contributed by atoms with Crippen LogP contribution >= 0.6 is 0 Å². The van der Waals surface area contributed by atoms with Crippen molar-refractivity contribution in [1.29, 1.82) is 0 Å². The standard InChI is InChI=1S/C9H17NO4Si/c1-3-12-9(13-4-2)14-15-7-5-6-10-8-11/h9H,3-7H2,1-2H3. The molecule has 2 radical (unpaired) electrons. The van der Waals surface area contributed by atoms with E-state index in [1.807, 2.05) is 13.8 Å². The normalized spacial score (nSPS) is 10.3. The number of aliphatic imine (C=N–C) groups is 1. The molecule has 15 heavy (non-hydrogen) atoms. The molecule has 0 N–H and O–H groups in total. The van der Waals surface area contributed by atoms with Crippen molar-refractivity contribution in [3.63, 3.8) is 0 Å². The highest BCUT2D eigenvalue weighted by molar-refractivity contribution is 6.27. The molecule has 0 spiro atoms. The van der Waals surface area contributed by atoms with Gasteiger partial charge in [-0.25, -0.2) is 9.79 Å². The van der Waals surface area contributed by atoms with Gasteiger partial charge in [-0.3, -0.25) is 0 Å². The number of carbonyl (C=O) groups excluding carboxylic acids is 1. The molecular weight excluding hydrogens is 214 g/mol. The zero-order valence-corrected chi connectivity index (χ0v) is 10.2. The molecule has 0 unspecified atom stereocenters. The van der Waals surface area contributed by atoms with E-state index in [0.29, 0.717) is 29.5 Å². The molecule has 0 saturated heterocycles. The van der Waals surface area contributed by atoms with Crippen molar-refractivity contribution < 1.29 is 18.7 Å². The Kier molecular flexibility index (Phi) is 11.1. The third kappa shape index (κ3) is 9.77. The summed E-state index contributed by atoms with van der Waals surface area (Å²) < 4.78 is 15.7. The molecule has 0 aromatic rings. The van der Waals surface area contributed by atoms with Gasteiger partial charge in [0.25, 0.3) is 6.48 Å². The van der Waals surface area contributed by atoms with Crippen LogP contribution in [0.15, 0.2) is 4.99 Å². The minimum Gasteiger partial charge on any atom is -0.372 e. The van der Waals surface area contributed by atoms with Crippen LogP contribution in [0, 0.1) is 0 Å². The molecule has 0 aliphatic carbocycles. The molecule has 6 heteroatoms. The molecule has 0 rings (SSSR count). The van der Waals surface area contributed by atoms with Gasteiger partial charge >= 0.3 is 0 Å². The second-order valence-electron chi connectivity index (χ2n) is 2.54. The third-order valence-electron chi connectivity index (χ3n) is 1.40. The SMILES string of the molecule is CCOC(OCC)O[Si]CCCN=C=O. The second kappa shape index (κ2) is 11.6. The van der Waals surface area contributed by atoms with Gasteiger partial charge in [-0.15, -0.1) is 0 Å². The van der Waals surface area contributed by atoms with Gasteiger partial charge in [0.15, 0.2) is 0 Å². The molecule has 86 valence electrons. The number of hydrogen-bond acceptors (Lipinski definition) is 5. The lowest BCUT2D eigenvalue weighted by atomic mass is 10.5. The van der Waals surface area contributed by atoms with Gasteiger partial charge in [0.05, 0.1) is 6.54 Å². The van der Waals surface area contributed by atoms with E-state index in [-0.39, 0.29) is 0 Å². The Hall–Kier alpha value is -0.523. The Morgan fingerprint density at radius 1 is 1.33 bits per heavy atom. The smallest absolute Gasteiger partial charge is 0.261 e. The molecule has 5 nitrogen and oxygen atoms in total. The number of rotatable bonds is 10. The van der Waals surface area contributed by atoms with Crippen molar-refractivity contribution in [3.05, 3.63) is 0 Å². The maximum atomic E-state index is 9.76. The molecular formula is C9H17NO4Si. The van der Waals surface area contributed by atoms with Gasteiger partial charge < -0.3 is 13.9 Å². The lowest BCUT2D eigenvalue weighted by Gasteiger charge is -2.16. The summed E-state index contributed by atoms with van der Waals surface area (Å²) in [4.78, 5) is 13.2. The van der Waals surface area contributed by atoms with Crippen molar-refractivity contribution in [3.8, 4) is 0 Å².